The lowest BCUT2D eigenvalue weighted by atomic mass is 10.0. The lowest BCUT2D eigenvalue weighted by molar-refractivity contribution is -0.142. The number of hydrogen-bond acceptors (Lipinski definition) is 3. The van der Waals surface area contributed by atoms with Crippen molar-refractivity contribution in [2.24, 2.45) is 5.92 Å². The summed E-state index contributed by atoms with van der Waals surface area (Å²) >= 11 is 0. The topological polar surface area (TPSA) is 86.7 Å². The van der Waals surface area contributed by atoms with E-state index in [0.717, 1.165) is 23.6 Å². The molecule has 0 bridgehead atoms. The zero-order valence-electron chi connectivity index (χ0n) is 11.4. The number of nitrogens with one attached hydrogen (secondary N) is 1. The van der Waals surface area contributed by atoms with E-state index in [1.54, 1.807) is 0 Å². The Hall–Kier alpha value is -0.660. The molecule has 0 aromatic carbocycles. The maximum atomic E-state index is 12.4. The number of carboxylic acids is 1. The predicted molar refractivity (Wildman–Crippen MR) is 70.8 cm³/mol. The van der Waals surface area contributed by atoms with Crippen LogP contribution in [0, 0.1) is 5.92 Å². The van der Waals surface area contributed by atoms with Crippen molar-refractivity contribution in [3.63, 3.8) is 0 Å². The molecule has 1 aliphatic heterocycles. The predicted octanol–water partition coefficient (Wildman–Crippen LogP) is 0.948. The highest BCUT2D eigenvalue weighted by Gasteiger charge is 2.44. The van der Waals surface area contributed by atoms with Crippen molar-refractivity contribution < 1.29 is 18.3 Å². The van der Waals surface area contributed by atoms with Crippen LogP contribution in [0.1, 0.15) is 46.0 Å². The first-order valence-electron chi connectivity index (χ1n) is 6.77. The molecule has 2 rings (SSSR count). The Kier molecular flexibility index (Phi) is 3.90. The van der Waals surface area contributed by atoms with Gasteiger partial charge >= 0.3 is 5.97 Å². The Balaban J connectivity index is 2.15. The second-order valence-corrected chi connectivity index (χ2v) is 7.69. The fourth-order valence-corrected chi connectivity index (χ4v) is 4.57. The SMILES string of the molecule is CC(C)(NS(=O)(=O)N1CCCCC1C(=O)O)C1CC1. The molecule has 1 unspecified atom stereocenters. The van der Waals surface area contributed by atoms with Gasteiger partial charge in [0.05, 0.1) is 0 Å². The summed E-state index contributed by atoms with van der Waals surface area (Å²) in [5.41, 5.74) is -0.501. The highest BCUT2D eigenvalue weighted by Crippen LogP contribution is 2.39. The molecule has 1 aliphatic carbocycles. The van der Waals surface area contributed by atoms with Crippen molar-refractivity contribution in [1.82, 2.24) is 9.03 Å². The third-order valence-corrected chi connectivity index (χ3v) is 5.88. The summed E-state index contributed by atoms with van der Waals surface area (Å²) in [6.45, 7) is 4.01. The summed E-state index contributed by atoms with van der Waals surface area (Å²) in [4.78, 5) is 11.2. The second kappa shape index (κ2) is 5.03. The quantitative estimate of drug-likeness (QED) is 0.789. The van der Waals surface area contributed by atoms with Gasteiger partial charge < -0.3 is 5.11 Å². The van der Waals surface area contributed by atoms with Crippen LogP contribution in [0.15, 0.2) is 0 Å². The van der Waals surface area contributed by atoms with Gasteiger partial charge in [-0.2, -0.15) is 17.4 Å². The Labute approximate surface area is 114 Å². The number of rotatable bonds is 5. The number of piperidine rings is 1. The molecule has 7 heteroatoms. The van der Waals surface area contributed by atoms with Gasteiger partial charge in [-0.25, -0.2) is 0 Å². The first-order chi connectivity index (χ1) is 8.74. The molecule has 1 saturated carbocycles. The van der Waals surface area contributed by atoms with Crippen LogP contribution < -0.4 is 4.72 Å². The van der Waals surface area contributed by atoms with Crippen LogP contribution in [0.25, 0.3) is 0 Å². The number of nitrogens with zero attached hydrogens (tertiary/aromatic N) is 1. The summed E-state index contributed by atoms with van der Waals surface area (Å²) in [5.74, 6) is -0.704. The summed E-state index contributed by atoms with van der Waals surface area (Å²) in [7, 11) is -3.74. The molecular weight excluding hydrogens is 268 g/mol. The van der Waals surface area contributed by atoms with Crippen molar-refractivity contribution in [3.05, 3.63) is 0 Å². The molecule has 2 aliphatic rings. The van der Waals surface area contributed by atoms with E-state index in [1.807, 2.05) is 13.8 Å². The fourth-order valence-electron chi connectivity index (χ4n) is 2.72. The smallest absolute Gasteiger partial charge is 0.322 e. The van der Waals surface area contributed by atoms with Crippen molar-refractivity contribution in [1.29, 1.82) is 0 Å². The van der Waals surface area contributed by atoms with E-state index in [0.29, 0.717) is 18.8 Å². The lowest BCUT2D eigenvalue weighted by Gasteiger charge is -2.35. The highest BCUT2D eigenvalue weighted by atomic mass is 32.2. The second-order valence-electron chi connectivity index (χ2n) is 6.06. The van der Waals surface area contributed by atoms with Crippen LogP contribution in [0.2, 0.25) is 0 Å². The van der Waals surface area contributed by atoms with Crippen molar-refractivity contribution in [3.8, 4) is 0 Å². The van der Waals surface area contributed by atoms with E-state index in [1.165, 1.54) is 0 Å². The molecular formula is C12H22N2O4S. The van der Waals surface area contributed by atoms with Crippen LogP contribution in [0.4, 0.5) is 0 Å². The molecule has 0 spiro atoms. The monoisotopic (exact) mass is 290 g/mol. The van der Waals surface area contributed by atoms with Gasteiger partial charge in [0.25, 0.3) is 10.2 Å². The zero-order valence-corrected chi connectivity index (χ0v) is 12.2. The van der Waals surface area contributed by atoms with Crippen LogP contribution in [-0.4, -0.2) is 41.9 Å². The summed E-state index contributed by atoms with van der Waals surface area (Å²) in [6, 6.07) is -0.929. The zero-order chi connectivity index (χ0) is 14.3. The molecule has 19 heavy (non-hydrogen) atoms. The normalized spacial score (nSPS) is 26.3. The van der Waals surface area contributed by atoms with E-state index in [2.05, 4.69) is 4.72 Å². The van der Waals surface area contributed by atoms with Gasteiger partial charge in [-0.15, -0.1) is 0 Å². The third-order valence-electron chi connectivity index (χ3n) is 4.04. The average molecular weight is 290 g/mol. The van der Waals surface area contributed by atoms with Gasteiger partial charge in [0.2, 0.25) is 0 Å². The summed E-state index contributed by atoms with van der Waals surface area (Å²) in [5, 5.41) is 9.16. The van der Waals surface area contributed by atoms with Gasteiger partial charge in [0.15, 0.2) is 0 Å². The molecule has 0 amide bonds. The van der Waals surface area contributed by atoms with Crippen molar-refractivity contribution in [2.45, 2.75) is 57.5 Å². The number of carboxylic acid groups (broad SMARTS) is 1. The Morgan fingerprint density at radius 1 is 1.26 bits per heavy atom. The molecule has 0 aromatic heterocycles. The van der Waals surface area contributed by atoms with Crippen LogP contribution in [0.3, 0.4) is 0 Å². The van der Waals surface area contributed by atoms with Crippen LogP contribution in [0.5, 0.6) is 0 Å². The number of carbonyl (C=O) groups is 1. The maximum absolute atomic E-state index is 12.4. The van der Waals surface area contributed by atoms with E-state index < -0.39 is 27.8 Å². The number of hydrogen-bond donors (Lipinski definition) is 2. The van der Waals surface area contributed by atoms with Crippen LogP contribution in [-0.2, 0) is 15.0 Å². The Morgan fingerprint density at radius 2 is 1.89 bits per heavy atom. The first-order valence-corrected chi connectivity index (χ1v) is 8.21. The lowest BCUT2D eigenvalue weighted by Crippen LogP contribution is -2.57. The van der Waals surface area contributed by atoms with Gasteiger partial charge in [0, 0.05) is 12.1 Å². The molecule has 2 fully saturated rings. The molecule has 110 valence electrons. The van der Waals surface area contributed by atoms with E-state index in [-0.39, 0.29) is 6.54 Å². The molecule has 1 heterocycles. The average Bonchev–Trinajstić information content (AvgIpc) is 3.11. The molecule has 1 atom stereocenters. The van der Waals surface area contributed by atoms with Gasteiger partial charge in [-0.05, 0) is 51.9 Å². The Bertz CT molecular complexity index is 456. The van der Waals surface area contributed by atoms with Gasteiger partial charge in [0.1, 0.15) is 6.04 Å². The van der Waals surface area contributed by atoms with E-state index >= 15 is 0 Å². The number of aliphatic carboxylic acids is 1. The summed E-state index contributed by atoms with van der Waals surface area (Å²) in [6.07, 6.45) is 3.92. The van der Waals surface area contributed by atoms with Crippen LogP contribution >= 0.6 is 0 Å². The molecule has 0 radical (unpaired) electrons. The van der Waals surface area contributed by atoms with E-state index in [4.69, 9.17) is 5.11 Å². The summed E-state index contributed by atoms with van der Waals surface area (Å²) < 4.78 is 28.6. The molecule has 1 saturated heterocycles. The standard InChI is InChI=1S/C12H22N2O4S/c1-12(2,9-6-7-9)13-19(17,18)14-8-4-3-5-10(14)11(15)16/h9-10,13H,3-8H2,1-2H3,(H,15,16). The third kappa shape index (κ3) is 3.27. The van der Waals surface area contributed by atoms with E-state index in [9.17, 15) is 13.2 Å². The highest BCUT2D eigenvalue weighted by molar-refractivity contribution is 7.87. The molecule has 2 N–H and O–H groups in total. The van der Waals surface area contributed by atoms with Gasteiger partial charge in [-0.1, -0.05) is 0 Å². The van der Waals surface area contributed by atoms with Gasteiger partial charge in [-0.3, -0.25) is 4.79 Å². The minimum Gasteiger partial charge on any atom is -0.480 e. The largest absolute Gasteiger partial charge is 0.480 e. The molecule has 6 nitrogen and oxygen atoms in total. The van der Waals surface area contributed by atoms with Crippen molar-refractivity contribution >= 4 is 16.2 Å². The minimum absolute atomic E-state index is 0.285. The Morgan fingerprint density at radius 3 is 2.42 bits per heavy atom. The fraction of sp³-hybridized carbons (Fsp3) is 0.917. The minimum atomic E-state index is -3.74. The molecule has 0 aromatic rings. The maximum Gasteiger partial charge on any atom is 0.322 e. The first kappa shape index (κ1) is 14.7. The van der Waals surface area contributed by atoms with Crippen molar-refractivity contribution in [2.75, 3.05) is 6.54 Å².